The molecule has 0 saturated carbocycles. The normalized spacial score (nSPS) is 11.6. The van der Waals surface area contributed by atoms with Crippen LogP contribution in [-0.4, -0.2) is 5.91 Å². The fraction of sp³-hybridized carbons (Fsp3) is 0.214. The zero-order valence-electron chi connectivity index (χ0n) is 9.52. The summed E-state index contributed by atoms with van der Waals surface area (Å²) < 4.78 is 0. The molecule has 0 atom stereocenters. The van der Waals surface area contributed by atoms with Crippen molar-refractivity contribution < 1.29 is 4.79 Å². The summed E-state index contributed by atoms with van der Waals surface area (Å²) in [6.07, 6.45) is 16.0. The first-order chi connectivity index (χ1) is 7.77. The maximum atomic E-state index is 10.3. The van der Waals surface area contributed by atoms with Gasteiger partial charge in [-0.05, 0) is 19.4 Å². The van der Waals surface area contributed by atoms with Crippen LogP contribution in [0.25, 0.3) is 0 Å². The summed E-state index contributed by atoms with van der Waals surface area (Å²) in [5, 5.41) is 0. The first kappa shape index (κ1) is 14.0. The molecule has 0 radical (unpaired) electrons. The lowest BCUT2D eigenvalue weighted by atomic mass is 10.3. The lowest BCUT2D eigenvalue weighted by molar-refractivity contribution is -0.113. The van der Waals surface area contributed by atoms with Gasteiger partial charge >= 0.3 is 0 Å². The van der Waals surface area contributed by atoms with Crippen LogP contribution in [0.4, 0.5) is 0 Å². The molecule has 0 aromatic rings. The van der Waals surface area contributed by atoms with Crippen LogP contribution in [0.1, 0.15) is 19.8 Å². The second-order valence-electron chi connectivity index (χ2n) is 2.93. The summed E-state index contributed by atoms with van der Waals surface area (Å²) in [4.78, 5) is 10.3. The van der Waals surface area contributed by atoms with E-state index in [9.17, 15) is 4.79 Å². The van der Waals surface area contributed by atoms with Crippen molar-refractivity contribution in [1.29, 1.82) is 0 Å². The number of unbranched alkanes of at least 4 members (excludes halogenated alkanes) is 1. The van der Waals surface area contributed by atoms with Crippen molar-refractivity contribution in [3.63, 3.8) is 0 Å². The Morgan fingerprint density at radius 2 is 2.06 bits per heavy atom. The highest BCUT2D eigenvalue weighted by molar-refractivity contribution is 5.85. The van der Waals surface area contributed by atoms with Crippen LogP contribution in [0.3, 0.4) is 0 Å². The number of primary amides is 1. The highest BCUT2D eigenvalue weighted by atomic mass is 16.1. The van der Waals surface area contributed by atoms with Gasteiger partial charge in [-0.2, -0.15) is 0 Å². The number of allylic oxidation sites excluding steroid dienone is 7. The zero-order valence-corrected chi connectivity index (χ0v) is 9.52. The van der Waals surface area contributed by atoms with E-state index in [1.54, 1.807) is 12.2 Å². The monoisotopic (exact) mass is 215 g/mol. The van der Waals surface area contributed by atoms with Crippen LogP contribution in [-0.2, 0) is 4.79 Å². The van der Waals surface area contributed by atoms with Gasteiger partial charge in [0.2, 0.25) is 5.91 Å². The average molecular weight is 215 g/mol. The molecule has 0 saturated heterocycles. The quantitative estimate of drug-likeness (QED) is 0.325. The Morgan fingerprint density at radius 3 is 2.75 bits per heavy atom. The minimum Gasteiger partial charge on any atom is -0.366 e. The van der Waals surface area contributed by atoms with Gasteiger partial charge in [0.05, 0.1) is 0 Å². The van der Waals surface area contributed by atoms with Crippen LogP contribution in [0.5, 0.6) is 0 Å². The van der Waals surface area contributed by atoms with Crippen molar-refractivity contribution in [2.75, 3.05) is 0 Å². The number of amides is 1. The predicted octanol–water partition coefficient (Wildman–Crippen LogP) is 2.50. The van der Waals surface area contributed by atoms with Crippen molar-refractivity contribution in [2.45, 2.75) is 19.8 Å². The maximum Gasteiger partial charge on any atom is 0.241 e. The third kappa shape index (κ3) is 12.0. The van der Waals surface area contributed by atoms with Crippen LogP contribution >= 0.6 is 0 Å². The molecule has 0 bridgehead atoms. The summed E-state index contributed by atoms with van der Waals surface area (Å²) in [7, 11) is 0. The SMILES string of the molecule is CC=CC=CC#CCCC=CC=CC(N)=O. The Balaban J connectivity index is 3.63. The molecule has 0 aromatic heterocycles. The average Bonchev–Trinajstić information content (AvgIpc) is 2.25. The first-order valence-corrected chi connectivity index (χ1v) is 5.16. The Hall–Kier alpha value is -2.01. The van der Waals surface area contributed by atoms with Crippen LogP contribution in [0.15, 0.2) is 48.6 Å². The zero-order chi connectivity index (χ0) is 12.1. The number of carbonyl (C=O) groups excluding carboxylic acids is 1. The van der Waals surface area contributed by atoms with E-state index in [0.29, 0.717) is 0 Å². The lowest BCUT2D eigenvalue weighted by Crippen LogP contribution is -2.04. The van der Waals surface area contributed by atoms with Gasteiger partial charge < -0.3 is 5.73 Å². The molecule has 0 aliphatic carbocycles. The third-order valence-corrected chi connectivity index (χ3v) is 1.53. The fourth-order valence-corrected chi connectivity index (χ4v) is 0.827. The van der Waals surface area contributed by atoms with Gasteiger partial charge in [0.1, 0.15) is 0 Å². The van der Waals surface area contributed by atoms with Crippen molar-refractivity contribution in [1.82, 2.24) is 0 Å². The second-order valence-corrected chi connectivity index (χ2v) is 2.93. The summed E-state index contributed by atoms with van der Waals surface area (Å²) in [6.45, 7) is 1.96. The van der Waals surface area contributed by atoms with E-state index in [2.05, 4.69) is 11.8 Å². The Bertz CT molecular complexity index is 362. The van der Waals surface area contributed by atoms with Gasteiger partial charge in [-0.15, -0.1) is 0 Å². The first-order valence-electron chi connectivity index (χ1n) is 5.16. The summed E-state index contributed by atoms with van der Waals surface area (Å²) in [5.41, 5.74) is 4.92. The fourth-order valence-electron chi connectivity index (χ4n) is 0.827. The smallest absolute Gasteiger partial charge is 0.241 e. The summed E-state index contributed by atoms with van der Waals surface area (Å²) >= 11 is 0. The van der Waals surface area contributed by atoms with E-state index >= 15 is 0 Å². The van der Waals surface area contributed by atoms with E-state index in [-0.39, 0.29) is 0 Å². The molecule has 84 valence electrons. The van der Waals surface area contributed by atoms with E-state index in [4.69, 9.17) is 5.73 Å². The molecule has 0 rings (SSSR count). The standard InChI is InChI=1S/C14H17NO/c1-2-3-4-5-6-7-8-9-10-11-12-13-14(15)16/h2-5,10-13H,8-9H2,1H3,(H2,15,16). The van der Waals surface area contributed by atoms with Gasteiger partial charge in [-0.1, -0.05) is 48.3 Å². The molecule has 2 heteroatoms. The Kier molecular flexibility index (Phi) is 9.68. The summed E-state index contributed by atoms with van der Waals surface area (Å²) in [6, 6.07) is 0. The molecule has 0 heterocycles. The third-order valence-electron chi connectivity index (χ3n) is 1.53. The Labute approximate surface area is 97.2 Å². The van der Waals surface area contributed by atoms with E-state index in [1.165, 1.54) is 6.08 Å². The minimum atomic E-state index is -0.432. The van der Waals surface area contributed by atoms with Gasteiger partial charge in [0.25, 0.3) is 0 Å². The van der Waals surface area contributed by atoms with Gasteiger partial charge in [-0.3, -0.25) is 4.79 Å². The maximum absolute atomic E-state index is 10.3. The van der Waals surface area contributed by atoms with E-state index in [0.717, 1.165) is 12.8 Å². The molecule has 0 aliphatic rings. The van der Waals surface area contributed by atoms with E-state index in [1.807, 2.05) is 37.3 Å². The van der Waals surface area contributed by atoms with Crippen molar-refractivity contribution in [2.24, 2.45) is 5.73 Å². The van der Waals surface area contributed by atoms with Crippen LogP contribution < -0.4 is 5.73 Å². The molecule has 0 fully saturated rings. The largest absolute Gasteiger partial charge is 0.366 e. The molecule has 16 heavy (non-hydrogen) atoms. The van der Waals surface area contributed by atoms with Crippen LogP contribution in [0.2, 0.25) is 0 Å². The highest BCUT2D eigenvalue weighted by Gasteiger charge is 1.77. The van der Waals surface area contributed by atoms with Gasteiger partial charge in [0.15, 0.2) is 0 Å². The molecule has 2 nitrogen and oxygen atoms in total. The number of hydrogen-bond donors (Lipinski definition) is 1. The lowest BCUT2D eigenvalue weighted by Gasteiger charge is -1.81. The molecular formula is C14H17NO. The topological polar surface area (TPSA) is 43.1 Å². The minimum absolute atomic E-state index is 0.432. The van der Waals surface area contributed by atoms with Gasteiger partial charge in [-0.25, -0.2) is 0 Å². The molecule has 0 spiro atoms. The molecule has 1 amide bonds. The van der Waals surface area contributed by atoms with Crippen molar-refractivity contribution in [3.8, 4) is 11.8 Å². The summed E-state index contributed by atoms with van der Waals surface area (Å²) in [5.74, 6) is 5.50. The Morgan fingerprint density at radius 1 is 1.25 bits per heavy atom. The number of rotatable bonds is 5. The number of hydrogen-bond acceptors (Lipinski definition) is 1. The molecule has 2 N–H and O–H groups in total. The second kappa shape index (κ2) is 11.1. The molecular weight excluding hydrogens is 198 g/mol. The molecule has 0 aliphatic heterocycles. The van der Waals surface area contributed by atoms with Gasteiger partial charge in [0, 0.05) is 12.5 Å². The number of carbonyl (C=O) groups is 1. The number of nitrogens with two attached hydrogens (primary N) is 1. The van der Waals surface area contributed by atoms with E-state index < -0.39 is 5.91 Å². The molecule has 0 unspecified atom stereocenters. The highest BCUT2D eigenvalue weighted by Crippen LogP contribution is 1.89. The predicted molar refractivity (Wildman–Crippen MR) is 68.4 cm³/mol. The molecule has 0 aromatic carbocycles. The van der Waals surface area contributed by atoms with Crippen LogP contribution in [0, 0.1) is 11.8 Å². The van der Waals surface area contributed by atoms with Crippen molar-refractivity contribution >= 4 is 5.91 Å². The van der Waals surface area contributed by atoms with Crippen molar-refractivity contribution in [3.05, 3.63) is 48.6 Å².